The molecule has 0 atom stereocenters. The van der Waals surface area contributed by atoms with Crippen LogP contribution in [-0.2, 0) is 29.9 Å². The minimum atomic E-state index is -4.47. The van der Waals surface area contributed by atoms with Crippen molar-refractivity contribution in [2.75, 3.05) is 27.8 Å². The smallest absolute Gasteiger partial charge is 0.294 e. The minimum Gasteiger partial charge on any atom is -0.356 e. The number of rotatable bonds is 10. The number of anilines is 3. The number of fused-ring (bicyclic) bond motifs is 1. The second-order valence-electron chi connectivity index (χ2n) is 12.0. The highest BCUT2D eigenvalue weighted by molar-refractivity contribution is 7.85. The van der Waals surface area contributed by atoms with E-state index in [0.29, 0.717) is 31.5 Å². The summed E-state index contributed by atoms with van der Waals surface area (Å²) in [4.78, 5) is 43.2. The normalized spacial score (nSPS) is 16.8. The molecule has 14 heteroatoms. The van der Waals surface area contributed by atoms with Gasteiger partial charge in [0.05, 0.1) is 16.3 Å². The molecule has 0 radical (unpaired) electrons. The van der Waals surface area contributed by atoms with Gasteiger partial charge in [-0.2, -0.15) is 8.42 Å². The Morgan fingerprint density at radius 1 is 0.900 bits per heavy atom. The average molecular weight is 721 g/mol. The Labute approximate surface area is 294 Å². The van der Waals surface area contributed by atoms with Gasteiger partial charge in [-0.3, -0.25) is 28.7 Å². The van der Waals surface area contributed by atoms with Gasteiger partial charge in [-0.1, -0.05) is 32.9 Å². The molecular formula is C36H34F2N4O6S2. The highest BCUT2D eigenvalue weighted by Crippen LogP contribution is 2.48. The highest BCUT2D eigenvalue weighted by Gasteiger charge is 2.42. The lowest BCUT2D eigenvalue weighted by Gasteiger charge is -2.36. The molecule has 50 heavy (non-hydrogen) atoms. The summed E-state index contributed by atoms with van der Waals surface area (Å²) in [5.41, 5.74) is 1.55. The van der Waals surface area contributed by atoms with Gasteiger partial charge in [-0.05, 0) is 103 Å². The second-order valence-corrected chi connectivity index (χ2v) is 13.8. The number of nitrogens with one attached hydrogen (secondary N) is 1. The molecule has 260 valence electrons. The number of benzene rings is 3. The van der Waals surface area contributed by atoms with E-state index in [1.807, 2.05) is 18.7 Å². The fourth-order valence-corrected chi connectivity index (χ4v) is 6.71. The van der Waals surface area contributed by atoms with Gasteiger partial charge >= 0.3 is 0 Å². The van der Waals surface area contributed by atoms with Crippen molar-refractivity contribution in [1.82, 2.24) is 5.32 Å². The zero-order valence-electron chi connectivity index (χ0n) is 27.4. The summed E-state index contributed by atoms with van der Waals surface area (Å²) in [6, 6.07) is 14.4. The lowest BCUT2D eigenvalue weighted by Crippen LogP contribution is -2.57. The average Bonchev–Trinajstić information content (AvgIpc) is 3.28. The summed E-state index contributed by atoms with van der Waals surface area (Å²) in [5.74, 6) is -2.64. The maximum atomic E-state index is 13.8. The number of carbonyl (C=O) groups excluding carboxylic acids is 3. The van der Waals surface area contributed by atoms with Crippen LogP contribution in [0.1, 0.15) is 39.2 Å². The minimum absolute atomic E-state index is 0.0831. The number of carbonyl (C=O) groups is 3. The van der Waals surface area contributed by atoms with Crippen LogP contribution in [0.2, 0.25) is 0 Å². The van der Waals surface area contributed by atoms with E-state index in [-0.39, 0.29) is 32.9 Å². The van der Waals surface area contributed by atoms with Gasteiger partial charge in [0.2, 0.25) is 5.91 Å². The first-order valence-corrected chi connectivity index (χ1v) is 17.5. The Kier molecular flexibility index (Phi) is 10.5. The molecule has 1 fully saturated rings. The third-order valence-corrected chi connectivity index (χ3v) is 9.63. The van der Waals surface area contributed by atoms with E-state index in [0.717, 1.165) is 45.4 Å². The van der Waals surface area contributed by atoms with Crippen molar-refractivity contribution in [2.45, 2.75) is 43.9 Å². The van der Waals surface area contributed by atoms with E-state index in [1.54, 1.807) is 25.1 Å². The molecule has 0 spiro atoms. The first-order valence-electron chi connectivity index (χ1n) is 15.6. The van der Waals surface area contributed by atoms with Crippen molar-refractivity contribution >= 4 is 62.2 Å². The SMILES string of the molecule is CCC(=O)NCCCN1/C(=C/C=C/C=C2C(=O)N(c3ccc(F)cc3)C(=S)N(c3ccc(F)cc3)C2=O)C(C)(C)c2cc(S(=O)(=O)O)ccc21. The molecule has 0 aromatic heterocycles. The predicted molar refractivity (Wildman–Crippen MR) is 190 cm³/mol. The van der Waals surface area contributed by atoms with Gasteiger partial charge in [-0.25, -0.2) is 8.78 Å². The molecule has 10 nitrogen and oxygen atoms in total. The Balaban J connectivity index is 1.52. The van der Waals surface area contributed by atoms with Crippen LogP contribution in [0.3, 0.4) is 0 Å². The van der Waals surface area contributed by atoms with E-state index in [1.165, 1.54) is 48.6 Å². The first-order chi connectivity index (χ1) is 23.6. The van der Waals surface area contributed by atoms with E-state index in [2.05, 4.69) is 5.32 Å². The van der Waals surface area contributed by atoms with Crippen molar-refractivity contribution in [2.24, 2.45) is 0 Å². The third kappa shape index (κ3) is 7.27. The van der Waals surface area contributed by atoms with Crippen molar-refractivity contribution in [3.8, 4) is 0 Å². The van der Waals surface area contributed by atoms with Crippen LogP contribution in [-0.4, -0.2) is 48.9 Å². The standard InChI is InChI=1S/C36H34F2N4O6S2/c1-4-32(43)39-20-7-21-40-30-19-18-27(50(46,47)48)22-29(30)36(2,3)31(40)9-6-5-8-28-33(44)41(25-14-10-23(37)11-15-25)35(49)42(34(28)45)26-16-12-24(38)13-17-26/h5-6,8-19,22H,4,7,20-21H2,1-3H3,(H,39,43)(H,46,47,48)/b6-5+,31-9+. The lowest BCUT2D eigenvalue weighted by atomic mass is 9.83. The number of hydrogen-bond acceptors (Lipinski definition) is 7. The molecule has 2 aliphatic heterocycles. The quantitative estimate of drug-likeness (QED) is 0.0865. The first kappa shape index (κ1) is 36.2. The van der Waals surface area contributed by atoms with Crippen LogP contribution in [0.25, 0.3) is 0 Å². The number of allylic oxidation sites excluding steroid dienone is 5. The van der Waals surface area contributed by atoms with Gasteiger partial charge < -0.3 is 10.2 Å². The summed E-state index contributed by atoms with van der Waals surface area (Å²) < 4.78 is 61.2. The Hall–Kier alpha value is -5.05. The summed E-state index contributed by atoms with van der Waals surface area (Å²) in [7, 11) is -4.47. The molecule has 0 unspecified atom stereocenters. The fourth-order valence-electron chi connectivity index (χ4n) is 5.83. The van der Waals surface area contributed by atoms with Gasteiger partial charge in [-0.15, -0.1) is 0 Å². The summed E-state index contributed by atoms with van der Waals surface area (Å²) in [6.45, 7) is 6.42. The predicted octanol–water partition coefficient (Wildman–Crippen LogP) is 5.96. The summed E-state index contributed by atoms with van der Waals surface area (Å²) in [6.07, 6.45) is 7.14. The maximum Gasteiger partial charge on any atom is 0.294 e. The van der Waals surface area contributed by atoms with Crippen LogP contribution in [0.4, 0.5) is 25.8 Å². The Morgan fingerprint density at radius 2 is 1.44 bits per heavy atom. The number of amides is 3. The Morgan fingerprint density at radius 3 is 1.96 bits per heavy atom. The number of thiocarbonyl (C=S) groups is 1. The second kappa shape index (κ2) is 14.4. The van der Waals surface area contributed by atoms with E-state index < -0.39 is 39.0 Å². The Bertz CT molecular complexity index is 1990. The van der Waals surface area contributed by atoms with Crippen molar-refractivity contribution in [3.05, 3.63) is 120 Å². The van der Waals surface area contributed by atoms with Crippen molar-refractivity contribution < 1.29 is 36.1 Å². The molecule has 2 heterocycles. The zero-order valence-corrected chi connectivity index (χ0v) is 29.0. The maximum absolute atomic E-state index is 13.8. The molecule has 5 rings (SSSR count). The number of halogens is 2. The zero-order chi connectivity index (χ0) is 36.4. The van der Waals surface area contributed by atoms with Gasteiger partial charge in [0.25, 0.3) is 21.9 Å². The third-order valence-electron chi connectivity index (χ3n) is 8.41. The van der Waals surface area contributed by atoms with Gasteiger partial charge in [0.1, 0.15) is 17.2 Å². The topological polar surface area (TPSA) is 127 Å². The largest absolute Gasteiger partial charge is 0.356 e. The van der Waals surface area contributed by atoms with Crippen LogP contribution < -0.4 is 20.0 Å². The summed E-state index contributed by atoms with van der Waals surface area (Å²) >= 11 is 5.55. The van der Waals surface area contributed by atoms with Gasteiger partial charge in [0, 0.05) is 36.3 Å². The molecular weight excluding hydrogens is 687 g/mol. The van der Waals surface area contributed by atoms with Crippen molar-refractivity contribution in [3.63, 3.8) is 0 Å². The molecule has 3 aromatic carbocycles. The van der Waals surface area contributed by atoms with E-state index >= 15 is 0 Å². The monoisotopic (exact) mass is 720 g/mol. The van der Waals surface area contributed by atoms with Crippen LogP contribution in [0.5, 0.6) is 0 Å². The van der Waals surface area contributed by atoms with Crippen LogP contribution >= 0.6 is 12.2 Å². The number of nitrogens with zero attached hydrogens (tertiary/aromatic N) is 3. The lowest BCUT2D eigenvalue weighted by molar-refractivity contribution is -0.122. The molecule has 0 bridgehead atoms. The molecule has 3 amide bonds. The highest BCUT2D eigenvalue weighted by atomic mass is 32.2. The molecule has 3 aromatic rings. The molecule has 0 aliphatic carbocycles. The molecule has 0 saturated carbocycles. The van der Waals surface area contributed by atoms with Crippen molar-refractivity contribution in [1.29, 1.82) is 0 Å². The summed E-state index contributed by atoms with van der Waals surface area (Å²) in [5, 5.41) is 2.65. The van der Waals surface area contributed by atoms with E-state index in [4.69, 9.17) is 12.2 Å². The van der Waals surface area contributed by atoms with Gasteiger partial charge in [0.15, 0.2) is 5.11 Å². The van der Waals surface area contributed by atoms with Crippen LogP contribution in [0, 0.1) is 11.6 Å². The molecule has 2 aliphatic rings. The number of hydrogen-bond donors (Lipinski definition) is 2. The fraction of sp³-hybridized carbons (Fsp3) is 0.222. The van der Waals surface area contributed by atoms with Crippen LogP contribution in [0.15, 0.2) is 107 Å². The molecule has 1 saturated heterocycles. The van der Waals surface area contributed by atoms with E-state index in [9.17, 15) is 36.1 Å². The molecule has 2 N–H and O–H groups in total.